The number of hydrogen-bond donors (Lipinski definition) is 1. The summed E-state index contributed by atoms with van der Waals surface area (Å²) < 4.78 is 37.3. The highest BCUT2D eigenvalue weighted by Gasteiger charge is 2.24. The normalized spacial score (nSPS) is 13.2. The minimum Gasteiger partial charge on any atom is -0.351 e. The number of sulfonamides is 1. The zero-order chi connectivity index (χ0) is 16.0. The molecular weight excluding hydrogens is 295 g/mol. The van der Waals surface area contributed by atoms with E-state index in [1.54, 1.807) is 19.1 Å². The molecule has 1 rings (SSSR count). The highest BCUT2D eigenvalue weighted by Crippen LogP contribution is 2.08. The molecule has 0 aliphatic carbocycles. The van der Waals surface area contributed by atoms with Crippen molar-refractivity contribution in [1.29, 1.82) is 0 Å². The van der Waals surface area contributed by atoms with E-state index in [-0.39, 0.29) is 30.9 Å². The number of amides is 1. The van der Waals surface area contributed by atoms with Crippen molar-refractivity contribution in [1.82, 2.24) is 9.62 Å². The maximum Gasteiger partial charge on any atom is 0.235 e. The maximum absolute atomic E-state index is 12.8. The zero-order valence-electron chi connectivity index (χ0n) is 12.5. The molecule has 0 saturated heterocycles. The molecule has 1 aromatic carbocycles. The van der Waals surface area contributed by atoms with E-state index >= 15 is 0 Å². The van der Waals surface area contributed by atoms with Crippen LogP contribution in [-0.2, 0) is 21.4 Å². The molecule has 0 heterocycles. The smallest absolute Gasteiger partial charge is 0.235 e. The average molecular weight is 316 g/mol. The van der Waals surface area contributed by atoms with Gasteiger partial charge in [-0.3, -0.25) is 4.79 Å². The van der Waals surface area contributed by atoms with Gasteiger partial charge >= 0.3 is 0 Å². The standard InChI is InChI=1S/C14H21FN2O3S/c1-4-11(2)17(21(3,19)20)10-14(18)16-9-12-5-7-13(15)8-6-12/h5-8,11H,4,9-10H2,1-3H3,(H,16,18). The lowest BCUT2D eigenvalue weighted by atomic mass is 10.2. The molecule has 0 aliphatic rings. The van der Waals surface area contributed by atoms with Gasteiger partial charge in [0.05, 0.1) is 12.8 Å². The number of halogens is 1. The molecule has 0 spiro atoms. The average Bonchev–Trinajstić information content (AvgIpc) is 2.42. The molecule has 118 valence electrons. The summed E-state index contributed by atoms with van der Waals surface area (Å²) in [6.45, 7) is 3.64. The summed E-state index contributed by atoms with van der Waals surface area (Å²) in [5.74, 6) is -0.727. The third-order valence-corrected chi connectivity index (χ3v) is 4.55. The Morgan fingerprint density at radius 3 is 2.38 bits per heavy atom. The Balaban J connectivity index is 2.60. The highest BCUT2D eigenvalue weighted by molar-refractivity contribution is 7.88. The Bertz CT molecular complexity index is 572. The first kappa shape index (κ1) is 17.6. The van der Waals surface area contributed by atoms with Crippen LogP contribution in [0, 0.1) is 5.82 Å². The van der Waals surface area contributed by atoms with E-state index in [4.69, 9.17) is 0 Å². The van der Waals surface area contributed by atoms with Crippen LogP contribution in [0.4, 0.5) is 4.39 Å². The molecule has 0 radical (unpaired) electrons. The summed E-state index contributed by atoms with van der Waals surface area (Å²) in [4.78, 5) is 11.9. The molecular formula is C14H21FN2O3S. The van der Waals surface area contributed by atoms with Gasteiger partial charge in [0.25, 0.3) is 0 Å². The van der Waals surface area contributed by atoms with Crippen molar-refractivity contribution in [2.75, 3.05) is 12.8 Å². The summed E-state index contributed by atoms with van der Waals surface area (Å²) in [6, 6.07) is 5.51. The van der Waals surface area contributed by atoms with Crippen LogP contribution >= 0.6 is 0 Å². The predicted octanol–water partition coefficient (Wildman–Crippen LogP) is 1.50. The van der Waals surface area contributed by atoms with Crippen molar-refractivity contribution >= 4 is 15.9 Å². The molecule has 5 nitrogen and oxygen atoms in total. The first-order chi connectivity index (χ1) is 9.74. The summed E-state index contributed by atoms with van der Waals surface area (Å²) in [7, 11) is -3.44. The molecule has 1 unspecified atom stereocenters. The third-order valence-electron chi connectivity index (χ3n) is 3.21. The van der Waals surface area contributed by atoms with Crippen LogP contribution in [0.2, 0.25) is 0 Å². The van der Waals surface area contributed by atoms with E-state index in [0.717, 1.165) is 11.8 Å². The fourth-order valence-electron chi connectivity index (χ4n) is 1.80. The minimum atomic E-state index is -3.44. The van der Waals surface area contributed by atoms with Crippen molar-refractivity contribution in [2.45, 2.75) is 32.9 Å². The molecule has 0 fully saturated rings. The SMILES string of the molecule is CCC(C)N(CC(=O)NCc1ccc(F)cc1)S(C)(=O)=O. The first-order valence-corrected chi connectivity index (χ1v) is 8.56. The molecule has 1 amide bonds. The minimum absolute atomic E-state index is 0.213. The molecule has 0 bridgehead atoms. The summed E-state index contributed by atoms with van der Waals surface area (Å²) >= 11 is 0. The number of nitrogens with one attached hydrogen (secondary N) is 1. The molecule has 0 aliphatic heterocycles. The largest absolute Gasteiger partial charge is 0.351 e. The van der Waals surface area contributed by atoms with E-state index in [9.17, 15) is 17.6 Å². The Hall–Kier alpha value is -1.47. The number of nitrogens with zero attached hydrogens (tertiary/aromatic N) is 1. The molecule has 0 saturated carbocycles. The molecule has 21 heavy (non-hydrogen) atoms. The molecule has 1 atom stereocenters. The monoisotopic (exact) mass is 316 g/mol. The third kappa shape index (κ3) is 5.81. The van der Waals surface area contributed by atoms with Crippen molar-refractivity contribution in [3.8, 4) is 0 Å². The van der Waals surface area contributed by atoms with Crippen LogP contribution < -0.4 is 5.32 Å². The van der Waals surface area contributed by atoms with Crippen LogP contribution in [0.3, 0.4) is 0 Å². The zero-order valence-corrected chi connectivity index (χ0v) is 13.3. The summed E-state index contributed by atoms with van der Waals surface area (Å²) in [5.41, 5.74) is 0.749. The fraction of sp³-hybridized carbons (Fsp3) is 0.500. The lowest BCUT2D eigenvalue weighted by molar-refractivity contribution is -0.121. The second-order valence-electron chi connectivity index (χ2n) is 4.97. The van der Waals surface area contributed by atoms with Crippen molar-refractivity contribution in [3.63, 3.8) is 0 Å². The summed E-state index contributed by atoms with van der Waals surface area (Å²) in [6.07, 6.45) is 1.71. The van der Waals surface area contributed by atoms with Crippen LogP contribution in [0.15, 0.2) is 24.3 Å². The van der Waals surface area contributed by atoms with Crippen molar-refractivity contribution < 1.29 is 17.6 Å². The van der Waals surface area contributed by atoms with Gasteiger partial charge in [0, 0.05) is 12.6 Å². The predicted molar refractivity (Wildman–Crippen MR) is 79.5 cm³/mol. The lowest BCUT2D eigenvalue weighted by Crippen LogP contribution is -2.44. The van der Waals surface area contributed by atoms with Gasteiger partial charge in [-0.25, -0.2) is 12.8 Å². The summed E-state index contributed by atoms with van der Waals surface area (Å²) in [5, 5.41) is 2.63. The van der Waals surface area contributed by atoms with Crippen molar-refractivity contribution in [3.05, 3.63) is 35.6 Å². The van der Waals surface area contributed by atoms with Gasteiger partial charge in [-0.1, -0.05) is 19.1 Å². The first-order valence-electron chi connectivity index (χ1n) is 6.72. The van der Waals surface area contributed by atoms with Crippen LogP contribution in [-0.4, -0.2) is 37.5 Å². The number of carbonyl (C=O) groups excluding carboxylic acids is 1. The number of hydrogen-bond acceptors (Lipinski definition) is 3. The van der Waals surface area contributed by atoms with Crippen LogP contribution in [0.25, 0.3) is 0 Å². The van der Waals surface area contributed by atoms with Crippen LogP contribution in [0.1, 0.15) is 25.8 Å². The van der Waals surface area contributed by atoms with Gasteiger partial charge in [-0.2, -0.15) is 4.31 Å². The number of benzene rings is 1. The number of carbonyl (C=O) groups is 1. The van der Waals surface area contributed by atoms with Gasteiger partial charge in [0.1, 0.15) is 5.82 Å². The van der Waals surface area contributed by atoms with E-state index in [1.165, 1.54) is 16.4 Å². The van der Waals surface area contributed by atoms with E-state index in [1.807, 2.05) is 6.92 Å². The Morgan fingerprint density at radius 1 is 1.33 bits per heavy atom. The second kappa shape index (κ2) is 7.51. The Morgan fingerprint density at radius 2 is 1.90 bits per heavy atom. The number of rotatable bonds is 7. The fourth-order valence-corrected chi connectivity index (χ4v) is 2.96. The van der Waals surface area contributed by atoms with Crippen LogP contribution in [0.5, 0.6) is 0 Å². The Kier molecular flexibility index (Phi) is 6.29. The topological polar surface area (TPSA) is 66.5 Å². The van der Waals surface area contributed by atoms with Gasteiger partial charge in [0.2, 0.25) is 15.9 Å². The molecule has 0 aromatic heterocycles. The quantitative estimate of drug-likeness (QED) is 0.829. The van der Waals surface area contributed by atoms with Gasteiger partial charge in [-0.15, -0.1) is 0 Å². The van der Waals surface area contributed by atoms with E-state index < -0.39 is 10.0 Å². The molecule has 1 aromatic rings. The van der Waals surface area contributed by atoms with Gasteiger partial charge in [0.15, 0.2) is 0 Å². The Labute approximate surface area is 125 Å². The molecule has 7 heteroatoms. The molecule has 1 N–H and O–H groups in total. The van der Waals surface area contributed by atoms with Gasteiger partial charge < -0.3 is 5.32 Å². The second-order valence-corrected chi connectivity index (χ2v) is 6.90. The lowest BCUT2D eigenvalue weighted by Gasteiger charge is -2.25. The van der Waals surface area contributed by atoms with Gasteiger partial charge in [-0.05, 0) is 31.0 Å². The van der Waals surface area contributed by atoms with Crippen molar-refractivity contribution in [2.24, 2.45) is 0 Å². The highest BCUT2D eigenvalue weighted by atomic mass is 32.2. The van der Waals surface area contributed by atoms with E-state index in [0.29, 0.717) is 6.42 Å². The maximum atomic E-state index is 12.8. The van der Waals surface area contributed by atoms with E-state index in [2.05, 4.69) is 5.32 Å².